The Balaban J connectivity index is 0.000000289. The first-order valence-electron chi connectivity index (χ1n) is 16.8. The van der Waals surface area contributed by atoms with E-state index in [9.17, 15) is 8.42 Å². The van der Waals surface area contributed by atoms with E-state index in [2.05, 4.69) is 94.3 Å². The molecule has 11 nitrogen and oxygen atoms in total. The topological polar surface area (TPSA) is 103 Å². The minimum atomic E-state index is -2.69. The van der Waals surface area contributed by atoms with Gasteiger partial charge < -0.3 is 4.74 Å². The molecule has 5 rings (SSSR count). The Morgan fingerprint density at radius 1 is 0.696 bits per heavy atom. The Hall–Kier alpha value is -2.54. The molecule has 3 aromatic rings. The van der Waals surface area contributed by atoms with Crippen LogP contribution in [0.2, 0.25) is 0 Å². The molecular formula is C34H64N8O3S. The minimum absolute atomic E-state index is 0.338. The molecule has 46 heavy (non-hydrogen) atoms. The van der Waals surface area contributed by atoms with Crippen molar-refractivity contribution in [2.75, 3.05) is 50.9 Å². The van der Waals surface area contributed by atoms with Crippen molar-refractivity contribution < 1.29 is 13.2 Å². The summed E-state index contributed by atoms with van der Waals surface area (Å²) in [6.45, 7) is 26.9. The molecule has 2 saturated heterocycles. The lowest BCUT2D eigenvalue weighted by Gasteiger charge is -2.29. The molecule has 0 N–H and O–H groups in total. The van der Waals surface area contributed by atoms with Gasteiger partial charge in [0.05, 0.1) is 30.4 Å². The average Bonchev–Trinajstić information content (AvgIpc) is 3.77. The quantitative estimate of drug-likeness (QED) is 0.357. The predicted octanol–water partition coefficient (Wildman–Crippen LogP) is 5.40. The molecule has 0 bridgehead atoms. The fourth-order valence-electron chi connectivity index (χ4n) is 4.61. The number of hydrogen-bond donors (Lipinski definition) is 0. The van der Waals surface area contributed by atoms with Crippen LogP contribution < -0.4 is 0 Å². The highest BCUT2D eigenvalue weighted by molar-refractivity contribution is 7.91. The third-order valence-corrected chi connectivity index (χ3v) is 9.32. The third-order valence-electron chi connectivity index (χ3n) is 7.72. The van der Waals surface area contributed by atoms with Gasteiger partial charge >= 0.3 is 0 Å². The number of aryl methyl sites for hydroxylation is 2. The van der Waals surface area contributed by atoms with Crippen LogP contribution in [-0.2, 0) is 28.7 Å². The van der Waals surface area contributed by atoms with Gasteiger partial charge in [0.15, 0.2) is 9.84 Å². The van der Waals surface area contributed by atoms with Crippen molar-refractivity contribution in [3.8, 4) is 0 Å². The maximum atomic E-state index is 11.0. The lowest BCUT2D eigenvalue weighted by atomic mass is 10.1. The van der Waals surface area contributed by atoms with Crippen LogP contribution in [0.5, 0.6) is 0 Å². The van der Waals surface area contributed by atoms with Gasteiger partial charge in [-0.2, -0.15) is 15.3 Å². The van der Waals surface area contributed by atoms with E-state index in [0.29, 0.717) is 54.6 Å². The van der Waals surface area contributed by atoms with Crippen molar-refractivity contribution >= 4 is 9.84 Å². The number of sulfone groups is 1. The van der Waals surface area contributed by atoms with Gasteiger partial charge in [0.25, 0.3) is 0 Å². The van der Waals surface area contributed by atoms with Crippen molar-refractivity contribution in [3.63, 3.8) is 0 Å². The second kappa shape index (κ2) is 21.4. The molecule has 0 aliphatic carbocycles. The maximum absolute atomic E-state index is 11.0. The standard InChI is InChI=1S/2C7H12N2.C7H15NO2S.C7H15NO.C6H10N2/c1-6(2)7-4-5-9(3)8-7;1-6(2)7-4-5-8-9(7)3;1-7(2)8-3-5-11(9,10)6-4-8;1-7(2)8-3-5-9-6-4-8;1-6(2)8-5-3-4-7-8/h2*4-6H,1-3H3;7H,3-6H2,1-2H3;7H,3-6H2,1-2H3;3-6H,1-2H3. The van der Waals surface area contributed by atoms with Gasteiger partial charge in [-0.1, -0.05) is 27.7 Å². The van der Waals surface area contributed by atoms with E-state index in [1.807, 2.05) is 64.9 Å². The van der Waals surface area contributed by atoms with Gasteiger partial charge in [0.2, 0.25) is 0 Å². The van der Waals surface area contributed by atoms with Gasteiger partial charge in [-0.25, -0.2) is 8.42 Å². The van der Waals surface area contributed by atoms with Crippen LogP contribution in [0.15, 0.2) is 43.0 Å². The summed E-state index contributed by atoms with van der Waals surface area (Å²) in [5.74, 6) is 1.81. The number of nitrogens with zero attached hydrogens (tertiary/aromatic N) is 8. The summed E-state index contributed by atoms with van der Waals surface area (Å²) in [6.07, 6.45) is 7.55. The summed E-state index contributed by atoms with van der Waals surface area (Å²) in [4.78, 5) is 4.63. The fraction of sp³-hybridized carbons (Fsp3) is 0.735. The highest BCUT2D eigenvalue weighted by Gasteiger charge is 2.22. The van der Waals surface area contributed by atoms with E-state index >= 15 is 0 Å². The van der Waals surface area contributed by atoms with Gasteiger partial charge in [-0.05, 0) is 71.6 Å². The Morgan fingerprint density at radius 2 is 1.26 bits per heavy atom. The number of hydrogen-bond acceptors (Lipinski definition) is 8. The molecule has 0 spiro atoms. The van der Waals surface area contributed by atoms with Crippen LogP contribution >= 0.6 is 0 Å². The number of ether oxygens (including phenoxy) is 1. The highest BCUT2D eigenvalue weighted by Crippen LogP contribution is 2.11. The first-order chi connectivity index (χ1) is 21.5. The Bertz CT molecular complexity index is 1260. The van der Waals surface area contributed by atoms with E-state index in [0.717, 1.165) is 32.0 Å². The Labute approximate surface area is 280 Å². The van der Waals surface area contributed by atoms with E-state index in [1.54, 1.807) is 6.20 Å². The summed E-state index contributed by atoms with van der Waals surface area (Å²) in [7, 11) is 1.21. The molecule has 0 radical (unpaired) electrons. The molecule has 2 aliphatic rings. The van der Waals surface area contributed by atoms with Crippen LogP contribution in [0.4, 0.5) is 0 Å². The zero-order valence-corrected chi connectivity index (χ0v) is 31.6. The van der Waals surface area contributed by atoms with Crippen molar-refractivity contribution in [2.24, 2.45) is 14.1 Å². The summed E-state index contributed by atoms with van der Waals surface area (Å²) < 4.78 is 32.8. The second-order valence-corrected chi connectivity index (χ2v) is 15.5. The summed E-state index contributed by atoms with van der Waals surface area (Å²) >= 11 is 0. The Kier molecular flexibility index (Phi) is 19.3. The second-order valence-electron chi connectivity index (χ2n) is 13.2. The molecule has 0 atom stereocenters. The molecule has 12 heteroatoms. The van der Waals surface area contributed by atoms with Crippen molar-refractivity contribution in [1.29, 1.82) is 0 Å². The lowest BCUT2D eigenvalue weighted by Crippen LogP contribution is -2.43. The van der Waals surface area contributed by atoms with Gasteiger partial charge in [0.1, 0.15) is 0 Å². The van der Waals surface area contributed by atoms with E-state index in [-0.39, 0.29) is 0 Å². The molecule has 3 aromatic heterocycles. The molecule has 264 valence electrons. The van der Waals surface area contributed by atoms with Crippen molar-refractivity contribution in [3.05, 3.63) is 54.4 Å². The zero-order chi connectivity index (χ0) is 34.9. The monoisotopic (exact) mass is 664 g/mol. The van der Waals surface area contributed by atoms with Crippen LogP contribution in [-0.4, -0.2) is 111 Å². The predicted molar refractivity (Wildman–Crippen MR) is 190 cm³/mol. The van der Waals surface area contributed by atoms with Gasteiger partial charge in [0, 0.05) is 88.9 Å². The largest absolute Gasteiger partial charge is 0.379 e. The molecule has 5 heterocycles. The summed E-state index contributed by atoms with van der Waals surface area (Å²) in [5, 5.41) is 12.3. The van der Waals surface area contributed by atoms with Crippen molar-refractivity contribution in [2.45, 2.75) is 99.2 Å². The molecule has 0 unspecified atom stereocenters. The van der Waals surface area contributed by atoms with Gasteiger partial charge in [-0.3, -0.25) is 23.8 Å². The molecule has 2 aliphatic heterocycles. The number of morpholine rings is 1. The highest BCUT2D eigenvalue weighted by atomic mass is 32.2. The summed E-state index contributed by atoms with van der Waals surface area (Å²) in [5.41, 5.74) is 2.45. The van der Waals surface area contributed by atoms with Gasteiger partial charge in [-0.15, -0.1) is 0 Å². The fourth-order valence-corrected chi connectivity index (χ4v) is 5.84. The third kappa shape index (κ3) is 16.9. The smallest absolute Gasteiger partial charge is 0.152 e. The molecule has 0 aromatic carbocycles. The zero-order valence-electron chi connectivity index (χ0n) is 30.8. The first-order valence-corrected chi connectivity index (χ1v) is 18.6. The van der Waals surface area contributed by atoms with Crippen LogP contribution in [0.25, 0.3) is 0 Å². The molecular weight excluding hydrogens is 600 g/mol. The van der Waals surface area contributed by atoms with Crippen LogP contribution in [0, 0.1) is 0 Å². The minimum Gasteiger partial charge on any atom is -0.379 e. The van der Waals surface area contributed by atoms with Crippen LogP contribution in [0.3, 0.4) is 0 Å². The SMILES string of the molecule is CC(C)N1CCOCC1.CC(C)N1CCS(=O)(=O)CC1.CC(C)c1ccn(C)n1.CC(C)c1ccnn1C.CC(C)n1cccn1. The average molecular weight is 665 g/mol. The Morgan fingerprint density at radius 3 is 1.54 bits per heavy atom. The maximum Gasteiger partial charge on any atom is 0.152 e. The first kappa shape index (κ1) is 41.5. The normalized spacial score (nSPS) is 16.6. The van der Waals surface area contributed by atoms with E-state index < -0.39 is 9.84 Å². The number of aromatic nitrogens is 6. The molecule has 0 amide bonds. The van der Waals surface area contributed by atoms with E-state index in [1.165, 1.54) is 5.69 Å². The summed E-state index contributed by atoms with van der Waals surface area (Å²) in [6, 6.07) is 7.68. The molecule has 0 saturated carbocycles. The van der Waals surface area contributed by atoms with E-state index in [4.69, 9.17) is 4.74 Å². The van der Waals surface area contributed by atoms with Crippen molar-refractivity contribution in [1.82, 2.24) is 39.1 Å². The van der Waals surface area contributed by atoms with Crippen LogP contribution in [0.1, 0.15) is 98.5 Å². The lowest BCUT2D eigenvalue weighted by molar-refractivity contribution is 0.0238. The molecule has 2 fully saturated rings. The number of rotatable bonds is 5.